The summed E-state index contributed by atoms with van der Waals surface area (Å²) in [5, 5.41) is 16.4. The Morgan fingerprint density at radius 1 is 1.22 bits per heavy atom. The van der Waals surface area contributed by atoms with E-state index in [1.807, 2.05) is 13.8 Å². The Labute approximate surface area is 156 Å². The van der Waals surface area contributed by atoms with Gasteiger partial charge in [0.1, 0.15) is 29.1 Å². The molecule has 1 aromatic heterocycles. The number of pyridine rings is 1. The highest BCUT2D eigenvalue weighted by molar-refractivity contribution is 5.83. The van der Waals surface area contributed by atoms with E-state index in [1.54, 1.807) is 25.2 Å². The van der Waals surface area contributed by atoms with E-state index in [1.165, 1.54) is 18.3 Å². The van der Waals surface area contributed by atoms with Crippen LogP contribution in [-0.4, -0.2) is 29.2 Å². The van der Waals surface area contributed by atoms with Crippen LogP contribution in [0.3, 0.4) is 0 Å². The lowest BCUT2D eigenvalue weighted by atomic mass is 10.2. The van der Waals surface area contributed by atoms with Crippen molar-refractivity contribution in [3.05, 3.63) is 46.6 Å². The molecule has 9 nitrogen and oxygen atoms in total. The van der Waals surface area contributed by atoms with E-state index >= 15 is 0 Å². The van der Waals surface area contributed by atoms with Gasteiger partial charge in [-0.2, -0.15) is 0 Å². The SMILES string of the molecule is CCC(CC)OC(=O)Nc1cc(Oc2ccc(NC)c([N+](=O)[O-])c2)ccn1. The lowest BCUT2D eigenvalue weighted by Crippen LogP contribution is -2.21. The van der Waals surface area contributed by atoms with Gasteiger partial charge in [0.15, 0.2) is 0 Å². The maximum absolute atomic E-state index is 11.9. The molecule has 1 heterocycles. The van der Waals surface area contributed by atoms with Crippen molar-refractivity contribution in [2.75, 3.05) is 17.7 Å². The summed E-state index contributed by atoms with van der Waals surface area (Å²) >= 11 is 0. The van der Waals surface area contributed by atoms with Crippen molar-refractivity contribution in [1.29, 1.82) is 0 Å². The lowest BCUT2D eigenvalue weighted by Gasteiger charge is -2.14. The topological polar surface area (TPSA) is 116 Å². The highest BCUT2D eigenvalue weighted by atomic mass is 16.6. The van der Waals surface area contributed by atoms with Gasteiger partial charge in [-0.3, -0.25) is 15.4 Å². The average molecular weight is 374 g/mol. The number of rotatable bonds is 8. The zero-order valence-electron chi connectivity index (χ0n) is 15.4. The summed E-state index contributed by atoms with van der Waals surface area (Å²) in [6.07, 6.45) is 2.15. The predicted molar refractivity (Wildman–Crippen MR) is 101 cm³/mol. The molecule has 1 aromatic carbocycles. The number of hydrogen-bond acceptors (Lipinski definition) is 7. The summed E-state index contributed by atoms with van der Waals surface area (Å²) in [7, 11) is 1.60. The summed E-state index contributed by atoms with van der Waals surface area (Å²) in [6.45, 7) is 3.87. The van der Waals surface area contributed by atoms with E-state index in [4.69, 9.17) is 9.47 Å². The minimum absolute atomic E-state index is 0.101. The Balaban J connectivity index is 2.10. The van der Waals surface area contributed by atoms with Crippen LogP contribution < -0.4 is 15.4 Å². The highest BCUT2D eigenvalue weighted by Gasteiger charge is 2.15. The molecule has 1 amide bonds. The minimum Gasteiger partial charge on any atom is -0.457 e. The van der Waals surface area contributed by atoms with Crippen LogP contribution in [0.2, 0.25) is 0 Å². The van der Waals surface area contributed by atoms with Crippen molar-refractivity contribution in [3.8, 4) is 11.5 Å². The number of nitrogens with zero attached hydrogens (tertiary/aromatic N) is 2. The fourth-order valence-electron chi connectivity index (χ4n) is 2.36. The molecule has 0 radical (unpaired) electrons. The number of nitrogens with one attached hydrogen (secondary N) is 2. The molecule has 0 aliphatic rings. The van der Waals surface area contributed by atoms with Gasteiger partial charge in [-0.05, 0) is 31.0 Å². The van der Waals surface area contributed by atoms with E-state index in [-0.39, 0.29) is 23.4 Å². The third-order valence-corrected chi connectivity index (χ3v) is 3.82. The van der Waals surface area contributed by atoms with Gasteiger partial charge >= 0.3 is 6.09 Å². The first kappa shape index (κ1) is 20.0. The first-order valence-corrected chi connectivity index (χ1v) is 8.54. The van der Waals surface area contributed by atoms with E-state index in [2.05, 4.69) is 15.6 Å². The number of nitro groups is 1. The van der Waals surface area contributed by atoms with E-state index in [0.29, 0.717) is 11.4 Å². The molecule has 0 aliphatic carbocycles. The minimum atomic E-state index is -0.595. The zero-order valence-corrected chi connectivity index (χ0v) is 15.4. The summed E-state index contributed by atoms with van der Waals surface area (Å²) in [4.78, 5) is 26.6. The monoisotopic (exact) mass is 374 g/mol. The number of amides is 1. The summed E-state index contributed by atoms with van der Waals surface area (Å²) in [5.41, 5.74) is 0.282. The molecule has 0 spiro atoms. The van der Waals surface area contributed by atoms with Gasteiger partial charge in [-0.1, -0.05) is 13.8 Å². The number of carbonyl (C=O) groups excluding carboxylic acids is 1. The molecule has 0 saturated carbocycles. The van der Waals surface area contributed by atoms with Gasteiger partial charge in [-0.15, -0.1) is 0 Å². The van der Waals surface area contributed by atoms with Crippen molar-refractivity contribution in [3.63, 3.8) is 0 Å². The molecule has 0 bridgehead atoms. The second-order valence-electron chi connectivity index (χ2n) is 5.63. The Hall–Kier alpha value is -3.36. The Bertz CT molecular complexity index is 808. The second-order valence-corrected chi connectivity index (χ2v) is 5.63. The van der Waals surface area contributed by atoms with Crippen LogP contribution in [0.4, 0.5) is 22.0 Å². The maximum atomic E-state index is 11.9. The quantitative estimate of drug-likeness (QED) is 0.514. The number of nitro benzene ring substituents is 1. The zero-order chi connectivity index (χ0) is 19.8. The van der Waals surface area contributed by atoms with Gasteiger partial charge in [-0.25, -0.2) is 9.78 Å². The second kappa shape index (κ2) is 9.37. The molecule has 0 fully saturated rings. The number of ether oxygens (including phenoxy) is 2. The first-order chi connectivity index (χ1) is 13.0. The lowest BCUT2D eigenvalue weighted by molar-refractivity contribution is -0.384. The predicted octanol–water partition coefficient (Wildman–Crippen LogP) is 4.56. The number of aromatic nitrogens is 1. The highest BCUT2D eigenvalue weighted by Crippen LogP contribution is 2.31. The largest absolute Gasteiger partial charge is 0.457 e. The fraction of sp³-hybridized carbons (Fsp3) is 0.333. The van der Waals surface area contributed by atoms with E-state index < -0.39 is 11.0 Å². The summed E-state index contributed by atoms with van der Waals surface area (Å²) < 4.78 is 10.9. The van der Waals surface area contributed by atoms with Gasteiger partial charge in [0.25, 0.3) is 5.69 Å². The molecule has 0 unspecified atom stereocenters. The summed E-state index contributed by atoms with van der Waals surface area (Å²) in [6, 6.07) is 7.57. The number of carbonyl (C=O) groups is 1. The Morgan fingerprint density at radius 3 is 2.56 bits per heavy atom. The van der Waals surface area contributed by atoms with Crippen LogP contribution in [0, 0.1) is 10.1 Å². The van der Waals surface area contributed by atoms with Gasteiger partial charge < -0.3 is 14.8 Å². The van der Waals surface area contributed by atoms with Crippen molar-refractivity contribution in [2.24, 2.45) is 0 Å². The molecule has 2 N–H and O–H groups in total. The van der Waals surface area contributed by atoms with Crippen molar-refractivity contribution >= 4 is 23.3 Å². The van der Waals surface area contributed by atoms with Gasteiger partial charge in [0, 0.05) is 19.3 Å². The van der Waals surface area contributed by atoms with Crippen LogP contribution in [-0.2, 0) is 4.74 Å². The standard InChI is InChI=1S/C18H22N4O5/c1-4-12(5-2)27-18(23)21-17-11-14(8-9-20-17)26-13-6-7-15(19-3)16(10-13)22(24)25/h6-12,19H,4-5H2,1-3H3,(H,20,21,23). The van der Waals surface area contributed by atoms with E-state index in [9.17, 15) is 14.9 Å². The fourth-order valence-corrected chi connectivity index (χ4v) is 2.36. The number of anilines is 2. The normalized spacial score (nSPS) is 10.4. The van der Waals surface area contributed by atoms with Crippen molar-refractivity contribution in [2.45, 2.75) is 32.8 Å². The third kappa shape index (κ3) is 5.56. The molecule has 0 atom stereocenters. The van der Waals surface area contributed by atoms with Crippen LogP contribution >= 0.6 is 0 Å². The molecular weight excluding hydrogens is 352 g/mol. The van der Waals surface area contributed by atoms with Crippen molar-refractivity contribution in [1.82, 2.24) is 4.98 Å². The number of hydrogen-bond donors (Lipinski definition) is 2. The molecule has 0 aliphatic heterocycles. The van der Waals surface area contributed by atoms with Crippen molar-refractivity contribution < 1.29 is 19.2 Å². The Kier molecular flexibility index (Phi) is 6.93. The molecule has 0 saturated heterocycles. The molecule has 2 aromatic rings. The molecule has 144 valence electrons. The Morgan fingerprint density at radius 2 is 1.93 bits per heavy atom. The van der Waals surface area contributed by atoms with Crippen LogP contribution in [0.5, 0.6) is 11.5 Å². The maximum Gasteiger partial charge on any atom is 0.413 e. The van der Waals surface area contributed by atoms with E-state index in [0.717, 1.165) is 12.8 Å². The van der Waals surface area contributed by atoms with Gasteiger partial charge in [0.2, 0.25) is 0 Å². The summed E-state index contributed by atoms with van der Waals surface area (Å²) in [5.74, 6) is 0.914. The average Bonchev–Trinajstić information content (AvgIpc) is 2.66. The van der Waals surface area contributed by atoms with Crippen LogP contribution in [0.1, 0.15) is 26.7 Å². The molecule has 9 heteroatoms. The van der Waals surface area contributed by atoms with Crippen LogP contribution in [0.25, 0.3) is 0 Å². The molecule has 2 rings (SSSR count). The third-order valence-electron chi connectivity index (χ3n) is 3.82. The van der Waals surface area contributed by atoms with Gasteiger partial charge in [0.05, 0.1) is 11.0 Å². The molecule has 27 heavy (non-hydrogen) atoms. The van der Waals surface area contributed by atoms with Crippen LogP contribution in [0.15, 0.2) is 36.5 Å². The first-order valence-electron chi connectivity index (χ1n) is 8.54. The molecular formula is C18H22N4O5. The number of benzene rings is 1. The smallest absolute Gasteiger partial charge is 0.413 e.